The average Bonchev–Trinajstić information content (AvgIpc) is 1.91. The molecule has 0 rings (SSSR count). The molecule has 0 aliphatic heterocycles. The summed E-state index contributed by atoms with van der Waals surface area (Å²) in [6, 6.07) is 0. The molecule has 48 valence electrons. The predicted octanol–water partition coefficient (Wildman–Crippen LogP) is -3.66. The zero-order chi connectivity index (χ0) is 8.83. The van der Waals surface area contributed by atoms with Crippen LogP contribution in [0, 0.1) is 0 Å². The van der Waals surface area contributed by atoms with Crippen LogP contribution in [0.4, 0.5) is 0 Å². The molecule has 0 aromatic rings. The molecule has 0 heterocycles. The average molecular weight is 393 g/mol. The van der Waals surface area contributed by atoms with Gasteiger partial charge in [-0.3, -0.25) is 0 Å². The molecule has 0 atom stereocenters. The molecular weight excluding hydrogens is 391 g/mol. The van der Waals surface area contributed by atoms with Crippen LogP contribution in [0.3, 0.4) is 0 Å². The van der Waals surface area contributed by atoms with Crippen LogP contribution in [-0.2, 0) is 9.59 Å². The molecule has 0 fully saturated rings. The van der Waals surface area contributed by atoms with E-state index in [9.17, 15) is 0 Å². The number of hydrogen-bond donors (Lipinski definition) is 0. The van der Waals surface area contributed by atoms with E-state index in [0.29, 0.717) is 93.9 Å². The van der Waals surface area contributed by atoms with E-state index in [4.69, 9.17) is 19.8 Å². The number of hydrogen-bond acceptors (Lipinski definition) is 6. The Labute approximate surface area is 124 Å². The normalized spacial score (nSPS) is 6.40. The van der Waals surface area contributed by atoms with Crippen molar-refractivity contribution in [1.29, 1.82) is 0 Å². The summed E-state index contributed by atoms with van der Waals surface area (Å²) in [5.41, 5.74) is 0. The van der Waals surface area contributed by atoms with Gasteiger partial charge in [0, 0.05) is 12.9 Å². The summed E-state index contributed by atoms with van der Waals surface area (Å²) < 4.78 is 7.28. The second kappa shape index (κ2) is 31.0. The van der Waals surface area contributed by atoms with Crippen LogP contribution in [0.1, 0.15) is 0 Å². The van der Waals surface area contributed by atoms with Gasteiger partial charge in [0.05, 0.1) is 0 Å². The number of nitrogens with zero attached hydrogens (tertiary/aromatic N) is 2. The molecule has 0 N–H and O–H groups in total. The first-order valence-corrected chi connectivity index (χ1v) is 5.75. The molecule has 0 unspecified atom stereocenters. The molecule has 0 saturated carbocycles. The number of rotatable bonds is 0. The summed E-state index contributed by atoms with van der Waals surface area (Å²) in [6.07, 6.45) is 0. The van der Waals surface area contributed by atoms with Gasteiger partial charge in [-0.25, -0.2) is 0 Å². The molecule has 0 aliphatic carbocycles. The minimum absolute atomic E-state index is 0.500. The van der Waals surface area contributed by atoms with Crippen LogP contribution in [0.25, 0.3) is 0 Å². The summed E-state index contributed by atoms with van der Waals surface area (Å²) in [5, 5.41) is 16.5. The molecule has 0 aromatic heterocycles. The van der Waals surface area contributed by atoms with E-state index in [0.717, 1.165) is 0 Å². The third kappa shape index (κ3) is 101. The first-order chi connectivity index (χ1) is 4.74. The number of carbonyl (C=O) groups excluding carboxylic acids is 2. The summed E-state index contributed by atoms with van der Waals surface area (Å²) in [5.74, 6) is 0. The van der Waals surface area contributed by atoms with E-state index in [1.165, 1.54) is 0 Å². The fourth-order valence-electron chi connectivity index (χ4n) is 0. The van der Waals surface area contributed by atoms with Crippen molar-refractivity contribution in [1.82, 2.24) is 0 Å². The Morgan fingerprint density at radius 3 is 1.10 bits per heavy atom. The molecule has 8 heteroatoms. The zero-order valence-corrected chi connectivity index (χ0v) is 14.0. The van der Waals surface area contributed by atoms with E-state index in [-0.39, 0.29) is 0 Å². The van der Waals surface area contributed by atoms with Gasteiger partial charge in [0.2, 0.25) is 0 Å². The van der Waals surface area contributed by atoms with Crippen molar-refractivity contribution < 1.29 is 19.8 Å². The van der Waals surface area contributed by atoms with Gasteiger partial charge in [-0.15, -0.1) is 0 Å². The second-order valence-corrected chi connectivity index (χ2v) is 2.25. The Morgan fingerprint density at radius 2 is 1.10 bits per heavy atom. The van der Waals surface area contributed by atoms with Crippen molar-refractivity contribution in [3.05, 3.63) is 0 Å². The summed E-state index contributed by atoms with van der Waals surface area (Å²) in [6.45, 7) is -1.00. The summed E-state index contributed by atoms with van der Waals surface area (Å²) >= 11 is 1.16. The van der Waals surface area contributed by atoms with Gasteiger partial charge in [0.1, 0.15) is 0 Å². The molecule has 0 saturated heterocycles. The Morgan fingerprint density at radius 1 is 1.00 bits per heavy atom. The summed E-state index contributed by atoms with van der Waals surface area (Å²) in [4.78, 5) is 16.5. The number of carboxylic acid groups (broad SMARTS) is 2. The van der Waals surface area contributed by atoms with E-state index in [1.807, 2.05) is 0 Å². The van der Waals surface area contributed by atoms with Crippen LogP contribution in [0.15, 0.2) is 0.253 Å². The molecule has 0 radical (unpaired) electrons. The third-order valence-electron chi connectivity index (χ3n) is 0.1000. The van der Waals surface area contributed by atoms with E-state index in [1.54, 1.807) is 0 Å². The zero-order valence-electron chi connectivity index (χ0n) is 5.10. The van der Waals surface area contributed by atoms with Crippen molar-refractivity contribution >= 4 is 107 Å². The van der Waals surface area contributed by atoms with E-state index in [2.05, 4.69) is 0.253 Å². The Kier molecular flexibility index (Phi) is 54.8. The quantitative estimate of drug-likeness (QED) is 0.241. The Balaban J connectivity index is -0.0000000750. The van der Waals surface area contributed by atoms with Crippen molar-refractivity contribution in [2.75, 3.05) is 0 Å². The SMILES string of the molecule is O=C[O-].O=C[O-].[Ba+][N]=[N][Ba+]. The molecule has 0 spiro atoms. The molecule has 6 nitrogen and oxygen atoms in total. The van der Waals surface area contributed by atoms with Crippen LogP contribution in [0.5, 0.6) is 0 Å². The number of carbonyl (C=O) groups is 2. The van der Waals surface area contributed by atoms with Gasteiger partial charge in [0.15, 0.2) is 0 Å². The van der Waals surface area contributed by atoms with Crippen molar-refractivity contribution in [2.45, 2.75) is 0 Å². The maximum atomic E-state index is 8.25. The first-order valence-electron chi connectivity index (χ1n) is 1.78. The molecule has 0 aliphatic rings. The fraction of sp³-hybridized carbons (Fsp3) is 0. The van der Waals surface area contributed by atoms with Crippen LogP contribution < -0.4 is 10.2 Å². The Hall–Kier alpha value is 1.68. The van der Waals surface area contributed by atoms with Gasteiger partial charge in [0.25, 0.3) is 0 Å². The molecule has 10 heavy (non-hydrogen) atoms. The van der Waals surface area contributed by atoms with Crippen molar-refractivity contribution in [3.8, 4) is 0 Å². The fourth-order valence-corrected chi connectivity index (χ4v) is 0. The Bertz CT molecular complexity index is 77.3. The van der Waals surface area contributed by atoms with Crippen molar-refractivity contribution in [3.63, 3.8) is 0 Å². The van der Waals surface area contributed by atoms with Gasteiger partial charge >= 0.3 is 94.2 Å². The molecule has 0 aromatic carbocycles. The monoisotopic (exact) mass is 394 g/mol. The van der Waals surface area contributed by atoms with Crippen LogP contribution >= 0.6 is 0 Å². The van der Waals surface area contributed by atoms with Crippen LogP contribution in [-0.4, -0.2) is 107 Å². The second-order valence-electron chi connectivity index (χ2n) is 0.475. The third-order valence-corrected chi connectivity index (χ3v) is 5.30. The molecular formula is C2H2Ba2N2O4. The summed E-state index contributed by atoms with van der Waals surface area (Å²) in [7, 11) is 0. The maximum absolute atomic E-state index is 8.25. The van der Waals surface area contributed by atoms with Crippen molar-refractivity contribution in [2.24, 2.45) is 0.253 Å². The molecule has 0 bridgehead atoms. The minimum atomic E-state index is -0.500. The van der Waals surface area contributed by atoms with E-state index >= 15 is 0 Å². The van der Waals surface area contributed by atoms with Crippen LogP contribution in [0.2, 0.25) is 0 Å². The molecule has 0 amide bonds. The predicted molar refractivity (Wildman–Crippen MR) is 28.5 cm³/mol. The van der Waals surface area contributed by atoms with Gasteiger partial charge in [-0.05, 0) is 0 Å². The van der Waals surface area contributed by atoms with E-state index < -0.39 is 12.9 Å². The van der Waals surface area contributed by atoms with Gasteiger partial charge in [-0.2, -0.15) is 0 Å². The van der Waals surface area contributed by atoms with Gasteiger partial charge in [-0.1, -0.05) is 0 Å². The van der Waals surface area contributed by atoms with Gasteiger partial charge < -0.3 is 19.8 Å². The first kappa shape index (κ1) is 17.7. The standard InChI is InChI=1S/2CH2O2.2Ba.N2/c2*2-1-3;;;1-2/h2*1H,(H,2,3);;;/q;;2*+2;-2/p-2. The topological polar surface area (TPSA) is 105 Å².